The fourth-order valence-corrected chi connectivity index (χ4v) is 5.67. The highest BCUT2D eigenvalue weighted by molar-refractivity contribution is 7.98. The Morgan fingerprint density at radius 2 is 1.79 bits per heavy atom. The lowest BCUT2D eigenvalue weighted by atomic mass is 9.77. The molecule has 2 heterocycles. The number of carbonyl (C=O) groups is 3. The van der Waals surface area contributed by atoms with E-state index < -0.39 is 35.3 Å². The number of para-hydroxylation sites is 1. The van der Waals surface area contributed by atoms with Gasteiger partial charge in [-0.3, -0.25) is 19.7 Å². The Kier molecular flexibility index (Phi) is 6.86. The Labute approximate surface area is 202 Å². The third-order valence-electron chi connectivity index (χ3n) is 6.69. The van der Waals surface area contributed by atoms with Gasteiger partial charge in [0.15, 0.2) is 0 Å². The van der Waals surface area contributed by atoms with Gasteiger partial charge in [0, 0.05) is 17.7 Å². The molecule has 0 aromatic heterocycles. The topological polar surface area (TPSA) is 94.2 Å². The molecule has 34 heavy (non-hydrogen) atoms. The minimum atomic E-state index is -1.35. The van der Waals surface area contributed by atoms with Crippen molar-refractivity contribution in [3.05, 3.63) is 54.1 Å². The van der Waals surface area contributed by atoms with E-state index in [-0.39, 0.29) is 5.91 Å². The molecule has 4 atom stereocenters. The van der Waals surface area contributed by atoms with E-state index in [4.69, 9.17) is 14.2 Å². The van der Waals surface area contributed by atoms with Gasteiger partial charge in [-0.25, -0.2) is 4.90 Å². The highest BCUT2D eigenvalue weighted by Gasteiger charge is 2.69. The maximum Gasteiger partial charge on any atom is 0.326 e. The molecule has 2 amide bonds. The normalized spacial score (nSPS) is 25.9. The number of esters is 1. The molecular weight excluding hydrogens is 456 g/mol. The minimum absolute atomic E-state index is 0.332. The summed E-state index contributed by atoms with van der Waals surface area (Å²) in [6, 6.07) is 13.4. The van der Waals surface area contributed by atoms with Crippen molar-refractivity contribution in [1.29, 1.82) is 0 Å². The van der Waals surface area contributed by atoms with E-state index in [0.29, 0.717) is 34.9 Å². The lowest BCUT2D eigenvalue weighted by molar-refractivity contribution is -0.152. The number of amides is 2. The van der Waals surface area contributed by atoms with Crippen LogP contribution in [0, 0.1) is 11.8 Å². The summed E-state index contributed by atoms with van der Waals surface area (Å²) in [5, 5.41) is 3.38. The van der Waals surface area contributed by atoms with Crippen LogP contribution in [-0.2, 0) is 19.1 Å². The smallest absolute Gasteiger partial charge is 0.326 e. The van der Waals surface area contributed by atoms with E-state index in [9.17, 15) is 14.4 Å². The standard InChI is InChI=1S/C25H28N2O6S/c1-31-16-10-11-17(18(14-16)32-2)21-19-20(25(26-21,12-13-34-4)24(30)33-3)23(29)27(22(19)28)15-8-6-5-7-9-15/h5-11,14,19-21,26H,12-13H2,1-4H3/t19-,20+,21-,25+/m1/s1. The number of imide groups is 1. The molecule has 4 rings (SSSR count). The number of hydrogen-bond acceptors (Lipinski definition) is 8. The van der Waals surface area contributed by atoms with Gasteiger partial charge in [-0.15, -0.1) is 0 Å². The van der Waals surface area contributed by atoms with Crippen molar-refractivity contribution in [2.75, 3.05) is 38.2 Å². The summed E-state index contributed by atoms with van der Waals surface area (Å²) < 4.78 is 16.1. The van der Waals surface area contributed by atoms with E-state index in [1.807, 2.05) is 12.3 Å². The van der Waals surface area contributed by atoms with E-state index in [0.717, 1.165) is 0 Å². The summed E-state index contributed by atoms with van der Waals surface area (Å²) in [5.74, 6) is -1.35. The van der Waals surface area contributed by atoms with Crippen LogP contribution in [0.1, 0.15) is 18.0 Å². The molecule has 8 nitrogen and oxygen atoms in total. The van der Waals surface area contributed by atoms with Crippen molar-refractivity contribution in [2.24, 2.45) is 11.8 Å². The van der Waals surface area contributed by atoms with E-state index in [1.54, 1.807) is 61.3 Å². The van der Waals surface area contributed by atoms with Crippen LogP contribution in [-0.4, -0.2) is 56.7 Å². The van der Waals surface area contributed by atoms with Crippen molar-refractivity contribution >= 4 is 35.2 Å². The molecule has 2 aliphatic rings. The Morgan fingerprint density at radius 1 is 1.06 bits per heavy atom. The van der Waals surface area contributed by atoms with Crippen LogP contribution in [0.2, 0.25) is 0 Å². The minimum Gasteiger partial charge on any atom is -0.497 e. The molecule has 9 heteroatoms. The SMILES string of the molecule is COC(=O)[C@@]1(CCSC)N[C@H](c2ccc(OC)cc2OC)[C@@H]2C(=O)N(c3ccccc3)C(=O)[C@H]21. The second-order valence-corrected chi connectivity index (χ2v) is 9.27. The number of benzene rings is 2. The zero-order chi connectivity index (χ0) is 24.5. The van der Waals surface area contributed by atoms with Gasteiger partial charge in [0.25, 0.3) is 0 Å². The fourth-order valence-electron chi connectivity index (χ4n) is 5.14. The zero-order valence-corrected chi connectivity index (χ0v) is 20.4. The second-order valence-electron chi connectivity index (χ2n) is 8.29. The van der Waals surface area contributed by atoms with Crippen molar-refractivity contribution in [3.63, 3.8) is 0 Å². The number of hydrogen-bond donors (Lipinski definition) is 1. The van der Waals surface area contributed by atoms with Crippen LogP contribution in [0.15, 0.2) is 48.5 Å². The molecule has 2 aromatic rings. The molecule has 2 aromatic carbocycles. The molecule has 0 aliphatic carbocycles. The highest BCUT2D eigenvalue weighted by atomic mass is 32.2. The summed E-state index contributed by atoms with van der Waals surface area (Å²) >= 11 is 1.56. The maximum absolute atomic E-state index is 13.8. The van der Waals surface area contributed by atoms with Crippen molar-refractivity contribution in [3.8, 4) is 11.5 Å². The number of thioether (sulfide) groups is 1. The van der Waals surface area contributed by atoms with Crippen LogP contribution >= 0.6 is 11.8 Å². The third kappa shape index (κ3) is 3.73. The Morgan fingerprint density at radius 3 is 2.41 bits per heavy atom. The van der Waals surface area contributed by atoms with Crippen molar-refractivity contribution in [2.45, 2.75) is 18.0 Å². The third-order valence-corrected chi connectivity index (χ3v) is 7.31. The van der Waals surface area contributed by atoms with Crippen LogP contribution in [0.5, 0.6) is 11.5 Å². The number of fused-ring (bicyclic) bond motifs is 1. The predicted octanol–water partition coefficient (Wildman–Crippen LogP) is 2.82. The Bertz CT molecular complexity index is 1090. The molecule has 2 aliphatic heterocycles. The average molecular weight is 485 g/mol. The van der Waals surface area contributed by atoms with Gasteiger partial charge in [0.05, 0.1) is 38.9 Å². The Balaban J connectivity index is 1.89. The predicted molar refractivity (Wildman–Crippen MR) is 129 cm³/mol. The fraction of sp³-hybridized carbons (Fsp3) is 0.400. The number of methoxy groups -OCH3 is 3. The lowest BCUT2D eigenvalue weighted by Gasteiger charge is -2.32. The van der Waals surface area contributed by atoms with Gasteiger partial charge in [0.2, 0.25) is 11.8 Å². The van der Waals surface area contributed by atoms with Crippen molar-refractivity contribution < 1.29 is 28.6 Å². The monoisotopic (exact) mass is 484 g/mol. The molecule has 0 bridgehead atoms. The van der Waals surface area contributed by atoms with E-state index >= 15 is 0 Å². The number of rotatable bonds is 8. The summed E-state index contributed by atoms with van der Waals surface area (Å²) in [4.78, 5) is 42.1. The molecule has 0 radical (unpaired) electrons. The molecule has 2 fully saturated rings. The summed E-state index contributed by atoms with van der Waals surface area (Å²) in [6.07, 6.45) is 2.26. The lowest BCUT2D eigenvalue weighted by Crippen LogP contribution is -2.56. The van der Waals surface area contributed by atoms with Crippen molar-refractivity contribution in [1.82, 2.24) is 5.32 Å². The first-order chi connectivity index (χ1) is 16.4. The summed E-state index contributed by atoms with van der Waals surface area (Å²) in [7, 11) is 4.39. The van der Waals surface area contributed by atoms with E-state index in [2.05, 4.69) is 5.32 Å². The first kappa shape index (κ1) is 24.1. The number of nitrogens with one attached hydrogen (secondary N) is 1. The molecule has 180 valence electrons. The molecule has 0 unspecified atom stereocenters. The number of carbonyl (C=O) groups excluding carboxylic acids is 3. The van der Waals surface area contributed by atoms with E-state index in [1.165, 1.54) is 19.1 Å². The molecule has 2 saturated heterocycles. The number of nitrogens with zero attached hydrogens (tertiary/aromatic N) is 1. The maximum atomic E-state index is 13.8. The average Bonchev–Trinajstić information content (AvgIpc) is 3.36. The summed E-state index contributed by atoms with van der Waals surface area (Å²) in [6.45, 7) is 0. The summed E-state index contributed by atoms with van der Waals surface area (Å²) in [5.41, 5.74) is -0.200. The van der Waals surface area contributed by atoms with Crippen LogP contribution < -0.4 is 19.7 Å². The quantitative estimate of drug-likeness (QED) is 0.452. The van der Waals surface area contributed by atoms with Gasteiger partial charge in [-0.05, 0) is 36.6 Å². The van der Waals surface area contributed by atoms with Gasteiger partial charge >= 0.3 is 5.97 Å². The van der Waals surface area contributed by atoms with Gasteiger partial charge in [0.1, 0.15) is 17.0 Å². The van der Waals surface area contributed by atoms with Gasteiger partial charge in [-0.2, -0.15) is 11.8 Å². The van der Waals surface area contributed by atoms with Crippen LogP contribution in [0.25, 0.3) is 0 Å². The molecule has 0 saturated carbocycles. The first-order valence-corrected chi connectivity index (χ1v) is 12.3. The van der Waals surface area contributed by atoms with Gasteiger partial charge in [-0.1, -0.05) is 24.3 Å². The highest BCUT2D eigenvalue weighted by Crippen LogP contribution is 2.53. The zero-order valence-electron chi connectivity index (χ0n) is 19.6. The molecular formula is C25H28N2O6S. The van der Waals surface area contributed by atoms with Gasteiger partial charge < -0.3 is 14.2 Å². The largest absolute Gasteiger partial charge is 0.497 e. The van der Waals surface area contributed by atoms with Crippen LogP contribution in [0.4, 0.5) is 5.69 Å². The second kappa shape index (κ2) is 9.68. The molecule has 1 N–H and O–H groups in total. The Hall–Kier alpha value is -3.04. The first-order valence-electron chi connectivity index (χ1n) is 10.9. The number of ether oxygens (including phenoxy) is 3. The number of anilines is 1. The van der Waals surface area contributed by atoms with Crippen LogP contribution in [0.3, 0.4) is 0 Å². The molecule has 0 spiro atoms.